The second kappa shape index (κ2) is 7.69. The van der Waals surface area contributed by atoms with Crippen LogP contribution in [0.25, 0.3) is 0 Å². The Balaban J connectivity index is 2.47. The van der Waals surface area contributed by atoms with E-state index in [1.807, 2.05) is 0 Å². The number of hydrogen-bond donors (Lipinski definition) is 1. The fraction of sp³-hybridized carbons (Fsp3) is 0.333. The Morgan fingerprint density at radius 3 is 2.52 bits per heavy atom. The van der Waals surface area contributed by atoms with E-state index in [0.29, 0.717) is 10.2 Å². The van der Waals surface area contributed by atoms with Crippen molar-refractivity contribution >= 4 is 45.2 Å². The van der Waals surface area contributed by atoms with E-state index in [2.05, 4.69) is 21.2 Å². The molecule has 0 bridgehead atoms. The van der Waals surface area contributed by atoms with Crippen molar-refractivity contribution in [1.82, 2.24) is 4.90 Å². The van der Waals surface area contributed by atoms with Gasteiger partial charge in [0.05, 0.1) is 18.0 Å². The van der Waals surface area contributed by atoms with E-state index in [0.717, 1.165) is 4.90 Å². The zero-order valence-corrected chi connectivity index (χ0v) is 13.3. The summed E-state index contributed by atoms with van der Waals surface area (Å²) < 4.78 is 36.6. The molecular weight excluding hydrogens is 373 g/mol. The van der Waals surface area contributed by atoms with Gasteiger partial charge in [0.1, 0.15) is 0 Å². The van der Waals surface area contributed by atoms with E-state index in [-0.39, 0.29) is 6.54 Å². The second-order valence-electron chi connectivity index (χ2n) is 4.01. The largest absolute Gasteiger partial charge is 0.442 e. The summed E-state index contributed by atoms with van der Waals surface area (Å²) in [5, 5.41) is 2.56. The fourth-order valence-electron chi connectivity index (χ4n) is 1.31. The molecule has 116 valence electrons. The van der Waals surface area contributed by atoms with Gasteiger partial charge in [-0.2, -0.15) is 13.2 Å². The van der Waals surface area contributed by atoms with Crippen LogP contribution in [0.4, 0.5) is 18.9 Å². The third kappa shape index (κ3) is 6.85. The minimum atomic E-state index is -4.46. The minimum Gasteiger partial charge on any atom is -0.336 e. The van der Waals surface area contributed by atoms with E-state index >= 15 is 0 Å². The molecule has 1 aromatic rings. The molecule has 0 saturated carbocycles. The number of hydrogen-bond acceptors (Lipinski definition) is 3. The first-order chi connectivity index (χ1) is 9.69. The molecule has 0 radical (unpaired) electrons. The zero-order valence-electron chi connectivity index (χ0n) is 10.9. The average molecular weight is 385 g/mol. The molecule has 4 nitrogen and oxygen atoms in total. The molecule has 0 fully saturated rings. The normalized spacial score (nSPS) is 11.1. The van der Waals surface area contributed by atoms with Crippen LogP contribution in [0.1, 0.15) is 0 Å². The van der Waals surface area contributed by atoms with E-state index in [1.54, 1.807) is 24.3 Å². The summed E-state index contributed by atoms with van der Waals surface area (Å²) in [7, 11) is 1.28. The Morgan fingerprint density at radius 1 is 1.33 bits per heavy atom. The highest BCUT2D eigenvalue weighted by Gasteiger charge is 2.30. The van der Waals surface area contributed by atoms with Crippen LogP contribution in [0.3, 0.4) is 0 Å². The Morgan fingerprint density at radius 2 is 1.95 bits per heavy atom. The summed E-state index contributed by atoms with van der Waals surface area (Å²) in [6.45, 7) is -0.321. The number of thioether (sulfide) groups is 1. The van der Waals surface area contributed by atoms with E-state index < -0.39 is 34.8 Å². The van der Waals surface area contributed by atoms with Crippen LogP contribution in [0, 0.1) is 0 Å². The smallest absolute Gasteiger partial charge is 0.336 e. The van der Waals surface area contributed by atoms with Crippen molar-refractivity contribution in [2.75, 3.05) is 24.7 Å². The molecule has 0 unspecified atom stereocenters. The highest BCUT2D eigenvalue weighted by atomic mass is 79.9. The number of halogens is 4. The second-order valence-corrected chi connectivity index (χ2v) is 5.91. The standard InChI is InChI=1S/C12H12BrF3N2O2S/c1-18(11(20)7-21-12(14,15)16)6-10(19)17-9-5-3-2-4-8(9)13/h2-5H,6-7H2,1H3,(H,17,19). The Bertz CT molecular complexity index is 525. The summed E-state index contributed by atoms with van der Waals surface area (Å²) in [6, 6.07) is 6.87. The van der Waals surface area contributed by atoms with Gasteiger partial charge in [0.25, 0.3) is 0 Å². The molecule has 0 saturated heterocycles. The Hall–Kier alpha value is -1.22. The van der Waals surface area contributed by atoms with Gasteiger partial charge in [-0.25, -0.2) is 0 Å². The lowest BCUT2D eigenvalue weighted by atomic mass is 10.3. The van der Waals surface area contributed by atoms with Crippen molar-refractivity contribution in [3.05, 3.63) is 28.7 Å². The molecule has 0 aliphatic carbocycles. The van der Waals surface area contributed by atoms with Gasteiger partial charge in [0, 0.05) is 11.5 Å². The number of nitrogens with zero attached hydrogens (tertiary/aromatic N) is 1. The van der Waals surface area contributed by atoms with Crippen LogP contribution in [0.15, 0.2) is 28.7 Å². The van der Waals surface area contributed by atoms with Crippen LogP contribution < -0.4 is 5.32 Å². The topological polar surface area (TPSA) is 49.4 Å². The average Bonchev–Trinajstić information content (AvgIpc) is 2.37. The first kappa shape index (κ1) is 17.8. The van der Waals surface area contributed by atoms with Crippen molar-refractivity contribution < 1.29 is 22.8 Å². The molecule has 0 aliphatic rings. The number of rotatable bonds is 5. The molecule has 2 amide bonds. The lowest BCUT2D eigenvalue weighted by Crippen LogP contribution is -2.36. The van der Waals surface area contributed by atoms with Gasteiger partial charge in [-0.3, -0.25) is 9.59 Å². The number of carbonyl (C=O) groups is 2. The van der Waals surface area contributed by atoms with Gasteiger partial charge >= 0.3 is 5.51 Å². The highest BCUT2D eigenvalue weighted by Crippen LogP contribution is 2.30. The summed E-state index contributed by atoms with van der Waals surface area (Å²) in [4.78, 5) is 24.1. The molecule has 0 spiro atoms. The number of likely N-dealkylation sites (N-methyl/N-ethyl adjacent to an activating group) is 1. The summed E-state index contributed by atoms with van der Waals surface area (Å²) in [6.07, 6.45) is 0. The molecule has 9 heteroatoms. The number of anilines is 1. The van der Waals surface area contributed by atoms with Gasteiger partial charge in [0.15, 0.2) is 0 Å². The summed E-state index contributed by atoms with van der Waals surface area (Å²) >= 11 is 2.82. The third-order valence-electron chi connectivity index (χ3n) is 2.31. The number of amides is 2. The SMILES string of the molecule is CN(CC(=O)Nc1ccccc1Br)C(=O)CSC(F)(F)F. The monoisotopic (exact) mass is 384 g/mol. The van der Waals surface area contributed by atoms with E-state index in [1.165, 1.54) is 7.05 Å². The molecule has 1 rings (SSSR count). The molecular formula is C12H12BrF3N2O2S. The van der Waals surface area contributed by atoms with E-state index in [9.17, 15) is 22.8 Å². The first-order valence-corrected chi connectivity index (χ1v) is 7.46. The number of carbonyl (C=O) groups excluding carboxylic acids is 2. The van der Waals surface area contributed by atoms with Gasteiger partial charge < -0.3 is 10.2 Å². The third-order valence-corrected chi connectivity index (χ3v) is 3.72. The van der Waals surface area contributed by atoms with Crippen molar-refractivity contribution in [2.45, 2.75) is 5.51 Å². The van der Waals surface area contributed by atoms with Gasteiger partial charge in [-0.1, -0.05) is 12.1 Å². The zero-order chi connectivity index (χ0) is 16.0. The van der Waals surface area contributed by atoms with Crippen molar-refractivity contribution in [3.63, 3.8) is 0 Å². The minimum absolute atomic E-state index is 0.321. The summed E-state index contributed by atoms with van der Waals surface area (Å²) in [5.41, 5.74) is -3.94. The van der Waals surface area contributed by atoms with Crippen molar-refractivity contribution in [1.29, 1.82) is 0 Å². The number of alkyl halides is 3. The lowest BCUT2D eigenvalue weighted by Gasteiger charge is -2.17. The van der Waals surface area contributed by atoms with Crippen LogP contribution >= 0.6 is 27.7 Å². The summed E-state index contributed by atoms with van der Waals surface area (Å²) in [5.74, 6) is -2.00. The highest BCUT2D eigenvalue weighted by molar-refractivity contribution is 9.10. The molecule has 0 aromatic heterocycles. The van der Waals surface area contributed by atoms with Crippen LogP contribution in [-0.2, 0) is 9.59 Å². The van der Waals surface area contributed by atoms with Crippen molar-refractivity contribution in [3.8, 4) is 0 Å². The molecule has 0 heterocycles. The number of nitrogens with one attached hydrogen (secondary N) is 1. The Labute approximate surface area is 132 Å². The van der Waals surface area contributed by atoms with E-state index in [4.69, 9.17) is 0 Å². The van der Waals surface area contributed by atoms with Gasteiger partial charge in [-0.15, -0.1) is 0 Å². The molecule has 1 aromatic carbocycles. The predicted molar refractivity (Wildman–Crippen MR) is 78.9 cm³/mol. The lowest BCUT2D eigenvalue weighted by molar-refractivity contribution is -0.131. The predicted octanol–water partition coefficient (Wildman–Crippen LogP) is 3.10. The van der Waals surface area contributed by atoms with Gasteiger partial charge in [0.2, 0.25) is 11.8 Å². The molecule has 1 N–H and O–H groups in total. The van der Waals surface area contributed by atoms with Crippen LogP contribution in [-0.4, -0.2) is 41.6 Å². The Kier molecular flexibility index (Phi) is 6.53. The quantitative estimate of drug-likeness (QED) is 0.848. The maximum Gasteiger partial charge on any atom is 0.442 e. The molecule has 21 heavy (non-hydrogen) atoms. The molecule has 0 aliphatic heterocycles. The van der Waals surface area contributed by atoms with Crippen molar-refractivity contribution in [2.24, 2.45) is 0 Å². The van der Waals surface area contributed by atoms with Gasteiger partial charge in [-0.05, 0) is 39.8 Å². The first-order valence-electron chi connectivity index (χ1n) is 5.68. The maximum atomic E-state index is 12.0. The number of para-hydroxylation sites is 1. The number of benzene rings is 1. The fourth-order valence-corrected chi connectivity index (χ4v) is 2.20. The van der Waals surface area contributed by atoms with Crippen LogP contribution in [0.5, 0.6) is 0 Å². The molecule has 0 atom stereocenters. The van der Waals surface area contributed by atoms with Crippen LogP contribution in [0.2, 0.25) is 0 Å². The maximum absolute atomic E-state index is 12.0.